The molecule has 3 rings (SSSR count). The van der Waals surface area contributed by atoms with Gasteiger partial charge in [-0.25, -0.2) is 0 Å². The van der Waals surface area contributed by atoms with E-state index < -0.39 is 0 Å². The van der Waals surface area contributed by atoms with Crippen molar-refractivity contribution in [3.05, 3.63) is 64.7 Å². The van der Waals surface area contributed by atoms with Crippen molar-refractivity contribution in [1.29, 1.82) is 5.26 Å². The summed E-state index contributed by atoms with van der Waals surface area (Å²) in [6.07, 6.45) is 1.14. The zero-order chi connectivity index (χ0) is 13.2. The lowest BCUT2D eigenvalue weighted by Crippen LogP contribution is -2.24. The van der Waals surface area contributed by atoms with Crippen molar-refractivity contribution < 1.29 is 0 Å². The van der Waals surface area contributed by atoms with Crippen LogP contribution in [0.1, 0.15) is 28.2 Å². The molecule has 0 fully saturated rings. The minimum atomic E-state index is 0.572. The normalized spacial score (nSPS) is 16.1. The number of nitrogens with zero attached hydrogens (tertiary/aromatic N) is 1. The maximum Gasteiger partial charge on any atom is 0.101 e. The van der Waals surface area contributed by atoms with Crippen molar-refractivity contribution in [3.63, 3.8) is 0 Å². The van der Waals surface area contributed by atoms with E-state index >= 15 is 0 Å². The number of fused-ring (bicyclic) bond motifs is 1. The van der Waals surface area contributed by atoms with Gasteiger partial charge in [0.15, 0.2) is 0 Å². The highest BCUT2D eigenvalue weighted by molar-refractivity contribution is 5.59. The van der Waals surface area contributed by atoms with Crippen LogP contribution in [0, 0.1) is 18.3 Å². The van der Waals surface area contributed by atoms with E-state index in [0.29, 0.717) is 5.92 Å². The third-order valence-electron chi connectivity index (χ3n) is 3.80. The van der Waals surface area contributed by atoms with Gasteiger partial charge in [-0.2, -0.15) is 5.26 Å². The molecule has 0 saturated carbocycles. The summed E-state index contributed by atoms with van der Waals surface area (Å²) >= 11 is 0. The van der Waals surface area contributed by atoms with E-state index in [-0.39, 0.29) is 0 Å². The largest absolute Gasteiger partial charge is 0.383 e. The zero-order valence-electron chi connectivity index (χ0n) is 11.0. The van der Waals surface area contributed by atoms with Crippen molar-refractivity contribution in [1.82, 2.24) is 0 Å². The maximum absolute atomic E-state index is 9.11. The first-order valence-corrected chi connectivity index (χ1v) is 6.60. The van der Waals surface area contributed by atoms with Crippen molar-refractivity contribution in [2.45, 2.75) is 19.3 Å². The molecule has 2 aromatic rings. The predicted molar refractivity (Wildman–Crippen MR) is 77.3 cm³/mol. The minimum absolute atomic E-state index is 0.572. The molecule has 0 aromatic heterocycles. The van der Waals surface area contributed by atoms with Crippen LogP contribution in [0.2, 0.25) is 0 Å². The second kappa shape index (κ2) is 4.78. The topological polar surface area (TPSA) is 35.8 Å². The summed E-state index contributed by atoms with van der Waals surface area (Å²) in [6, 6.07) is 16.7. The first-order chi connectivity index (χ1) is 9.28. The Morgan fingerprint density at radius 3 is 2.89 bits per heavy atom. The van der Waals surface area contributed by atoms with Gasteiger partial charge in [0.05, 0.1) is 11.3 Å². The van der Waals surface area contributed by atoms with Crippen LogP contribution >= 0.6 is 0 Å². The van der Waals surface area contributed by atoms with Gasteiger partial charge < -0.3 is 5.32 Å². The predicted octanol–water partition coefficient (Wildman–Crippen LogP) is 3.62. The number of nitrogens with one attached hydrogen (secondary N) is 1. The monoisotopic (exact) mass is 248 g/mol. The number of nitriles is 1. The van der Waals surface area contributed by atoms with Crippen molar-refractivity contribution in [2.75, 3.05) is 11.9 Å². The number of hydrogen-bond acceptors (Lipinski definition) is 2. The summed E-state index contributed by atoms with van der Waals surface area (Å²) in [5, 5.41) is 12.5. The summed E-state index contributed by atoms with van der Waals surface area (Å²) in [6.45, 7) is 2.94. The number of anilines is 1. The zero-order valence-corrected chi connectivity index (χ0v) is 11.0. The molecule has 0 saturated heterocycles. The van der Waals surface area contributed by atoms with E-state index in [9.17, 15) is 0 Å². The highest BCUT2D eigenvalue weighted by Crippen LogP contribution is 2.35. The molecule has 0 bridgehead atoms. The molecule has 1 atom stereocenters. The fourth-order valence-electron chi connectivity index (χ4n) is 2.68. The lowest BCUT2D eigenvalue weighted by atomic mass is 9.77. The van der Waals surface area contributed by atoms with Crippen LogP contribution in [0.3, 0.4) is 0 Å². The Morgan fingerprint density at radius 1 is 1.26 bits per heavy atom. The van der Waals surface area contributed by atoms with Gasteiger partial charge in [-0.05, 0) is 42.2 Å². The molecule has 2 nitrogen and oxygen atoms in total. The lowest BCUT2D eigenvalue weighted by Gasteiger charge is -2.30. The van der Waals surface area contributed by atoms with Crippen LogP contribution in [-0.2, 0) is 6.42 Å². The van der Waals surface area contributed by atoms with Crippen LogP contribution in [0.5, 0.6) is 0 Å². The van der Waals surface area contributed by atoms with Crippen LogP contribution in [0.15, 0.2) is 42.5 Å². The number of benzene rings is 2. The fourth-order valence-corrected chi connectivity index (χ4v) is 2.68. The van der Waals surface area contributed by atoms with E-state index in [4.69, 9.17) is 5.26 Å². The highest BCUT2D eigenvalue weighted by Gasteiger charge is 2.24. The molecule has 2 heteroatoms. The molecule has 1 N–H and O–H groups in total. The van der Waals surface area contributed by atoms with Gasteiger partial charge in [-0.3, -0.25) is 0 Å². The van der Waals surface area contributed by atoms with E-state index in [1.165, 1.54) is 16.7 Å². The molecule has 0 aliphatic heterocycles. The Labute approximate surface area is 113 Å². The quantitative estimate of drug-likeness (QED) is 0.900. The minimum Gasteiger partial charge on any atom is -0.383 e. The Morgan fingerprint density at radius 2 is 2.11 bits per heavy atom. The Hall–Kier alpha value is -2.27. The molecular formula is C17H16N2. The third-order valence-corrected chi connectivity index (χ3v) is 3.80. The van der Waals surface area contributed by atoms with Crippen LogP contribution < -0.4 is 5.32 Å². The van der Waals surface area contributed by atoms with E-state index in [0.717, 1.165) is 24.2 Å². The van der Waals surface area contributed by atoms with Crippen molar-refractivity contribution in [2.24, 2.45) is 0 Å². The standard InChI is InChI=1S/C17H16N2/c1-12-6-7-14(10-18)17(8-12)19-11-15-9-13-4-2-3-5-16(13)15/h2-8,15,19H,9,11H2,1H3. The van der Waals surface area contributed by atoms with Crippen LogP contribution in [-0.4, -0.2) is 6.54 Å². The molecule has 1 aliphatic rings. The van der Waals surface area contributed by atoms with Gasteiger partial charge in [0.25, 0.3) is 0 Å². The van der Waals surface area contributed by atoms with Gasteiger partial charge >= 0.3 is 0 Å². The van der Waals surface area contributed by atoms with Crippen molar-refractivity contribution in [3.8, 4) is 6.07 Å². The summed E-state index contributed by atoms with van der Waals surface area (Å²) in [7, 11) is 0. The summed E-state index contributed by atoms with van der Waals surface area (Å²) in [4.78, 5) is 0. The molecule has 19 heavy (non-hydrogen) atoms. The molecule has 0 spiro atoms. The van der Waals surface area contributed by atoms with Gasteiger partial charge in [-0.1, -0.05) is 30.3 Å². The second-order valence-corrected chi connectivity index (χ2v) is 5.14. The third kappa shape index (κ3) is 2.20. The smallest absolute Gasteiger partial charge is 0.101 e. The molecule has 0 amide bonds. The Bertz CT molecular complexity index is 653. The second-order valence-electron chi connectivity index (χ2n) is 5.14. The van der Waals surface area contributed by atoms with E-state index in [2.05, 4.69) is 35.7 Å². The van der Waals surface area contributed by atoms with E-state index in [1.807, 2.05) is 25.1 Å². The van der Waals surface area contributed by atoms with Gasteiger partial charge in [0, 0.05) is 12.5 Å². The van der Waals surface area contributed by atoms with Crippen LogP contribution in [0.25, 0.3) is 0 Å². The Balaban J connectivity index is 1.72. The SMILES string of the molecule is Cc1ccc(C#N)c(NCC2Cc3ccccc32)c1. The summed E-state index contributed by atoms with van der Waals surface area (Å²) < 4.78 is 0. The first-order valence-electron chi connectivity index (χ1n) is 6.60. The average Bonchev–Trinajstić information content (AvgIpc) is 2.40. The van der Waals surface area contributed by atoms with Gasteiger partial charge in [0.1, 0.15) is 6.07 Å². The molecule has 2 aromatic carbocycles. The van der Waals surface area contributed by atoms with Gasteiger partial charge in [0.2, 0.25) is 0 Å². The van der Waals surface area contributed by atoms with Crippen molar-refractivity contribution >= 4 is 5.69 Å². The fraction of sp³-hybridized carbons (Fsp3) is 0.235. The Kier molecular flexibility index (Phi) is 2.97. The molecular weight excluding hydrogens is 232 g/mol. The van der Waals surface area contributed by atoms with Gasteiger partial charge in [-0.15, -0.1) is 0 Å². The number of hydrogen-bond donors (Lipinski definition) is 1. The number of rotatable bonds is 3. The average molecular weight is 248 g/mol. The highest BCUT2D eigenvalue weighted by atomic mass is 14.9. The van der Waals surface area contributed by atoms with Crippen LogP contribution in [0.4, 0.5) is 5.69 Å². The molecule has 1 unspecified atom stereocenters. The van der Waals surface area contributed by atoms with E-state index in [1.54, 1.807) is 0 Å². The molecule has 94 valence electrons. The maximum atomic E-state index is 9.11. The molecule has 0 heterocycles. The molecule has 1 aliphatic carbocycles. The lowest BCUT2D eigenvalue weighted by molar-refractivity contribution is 0.635. The molecule has 0 radical (unpaired) electrons. The summed E-state index contributed by atoms with van der Waals surface area (Å²) in [5.74, 6) is 0.572. The summed E-state index contributed by atoms with van der Waals surface area (Å²) in [5.41, 5.74) is 5.75. The number of aryl methyl sites for hydroxylation is 1. The first kappa shape index (κ1) is 11.8.